The molecule has 7 heteroatoms. The fourth-order valence-corrected chi connectivity index (χ4v) is 2.24. The Balaban J connectivity index is 2.81. The predicted molar refractivity (Wildman–Crippen MR) is 82.1 cm³/mol. The largest absolute Gasteiger partial charge is 0.481 e. The van der Waals surface area contributed by atoms with E-state index < -0.39 is 5.97 Å². The molecule has 1 rings (SSSR count). The molecule has 1 N–H and O–H groups in total. The summed E-state index contributed by atoms with van der Waals surface area (Å²) in [6.07, 6.45) is 1.44. The number of hydrogen-bond donors (Lipinski definition) is 1. The number of hydrogen-bond acceptors (Lipinski definition) is 3. The monoisotopic (exact) mass is 358 g/mol. The maximum absolute atomic E-state index is 12.3. The minimum Gasteiger partial charge on any atom is -0.481 e. The van der Waals surface area contributed by atoms with E-state index in [1.165, 1.54) is 15.5 Å². The van der Waals surface area contributed by atoms with Crippen molar-refractivity contribution in [2.24, 2.45) is 5.92 Å². The molecule has 0 aliphatic heterocycles. The van der Waals surface area contributed by atoms with Crippen molar-refractivity contribution in [3.05, 3.63) is 33.2 Å². The highest BCUT2D eigenvalue weighted by atomic mass is 79.9. The van der Waals surface area contributed by atoms with Crippen LogP contribution in [0.3, 0.4) is 0 Å². The Kier molecular flexibility index (Phi) is 6.61. The second-order valence-electron chi connectivity index (χ2n) is 5.19. The Morgan fingerprint density at radius 2 is 2.05 bits per heavy atom. The summed E-state index contributed by atoms with van der Waals surface area (Å²) in [5, 5.41) is 8.75. The number of amides is 1. The van der Waals surface area contributed by atoms with E-state index in [9.17, 15) is 14.4 Å². The van der Waals surface area contributed by atoms with Gasteiger partial charge in [0.05, 0.1) is 6.42 Å². The Labute approximate surface area is 131 Å². The molecule has 1 heterocycles. The molecule has 0 saturated carbocycles. The van der Waals surface area contributed by atoms with Crippen LogP contribution in [-0.2, 0) is 16.1 Å². The van der Waals surface area contributed by atoms with E-state index in [0.717, 1.165) is 0 Å². The molecule has 116 valence electrons. The van der Waals surface area contributed by atoms with E-state index in [1.54, 1.807) is 12.3 Å². The van der Waals surface area contributed by atoms with E-state index in [1.807, 2.05) is 13.8 Å². The van der Waals surface area contributed by atoms with Crippen molar-refractivity contribution in [1.29, 1.82) is 0 Å². The van der Waals surface area contributed by atoms with Gasteiger partial charge in [0.15, 0.2) is 0 Å². The van der Waals surface area contributed by atoms with Gasteiger partial charge in [-0.05, 0) is 27.9 Å². The van der Waals surface area contributed by atoms with Gasteiger partial charge in [-0.3, -0.25) is 14.4 Å². The molecule has 1 aromatic heterocycles. The van der Waals surface area contributed by atoms with Crippen molar-refractivity contribution < 1.29 is 14.7 Å². The van der Waals surface area contributed by atoms with Crippen LogP contribution in [0, 0.1) is 5.92 Å². The average molecular weight is 359 g/mol. The summed E-state index contributed by atoms with van der Waals surface area (Å²) in [4.78, 5) is 36.1. The van der Waals surface area contributed by atoms with Crippen LogP contribution in [0.2, 0.25) is 0 Å². The molecule has 0 radical (unpaired) electrons. The smallest absolute Gasteiger partial charge is 0.305 e. The van der Waals surface area contributed by atoms with Gasteiger partial charge in [0.2, 0.25) is 5.91 Å². The van der Waals surface area contributed by atoms with Crippen LogP contribution in [0.5, 0.6) is 0 Å². The first-order valence-electron chi connectivity index (χ1n) is 6.65. The number of nitrogens with zero attached hydrogens (tertiary/aromatic N) is 2. The topological polar surface area (TPSA) is 79.6 Å². The number of carboxylic acids is 1. The van der Waals surface area contributed by atoms with Gasteiger partial charge in [0, 0.05) is 29.8 Å². The third-order valence-corrected chi connectivity index (χ3v) is 3.26. The number of pyridine rings is 1. The third-order valence-electron chi connectivity index (χ3n) is 2.79. The van der Waals surface area contributed by atoms with Gasteiger partial charge >= 0.3 is 5.97 Å². The molecule has 0 fully saturated rings. The zero-order valence-electron chi connectivity index (χ0n) is 12.1. The highest BCUT2D eigenvalue weighted by molar-refractivity contribution is 9.10. The molecule has 1 aromatic rings. The molecule has 0 aliphatic rings. The fourth-order valence-electron chi connectivity index (χ4n) is 1.86. The molecule has 21 heavy (non-hydrogen) atoms. The fraction of sp³-hybridized carbons (Fsp3) is 0.500. The summed E-state index contributed by atoms with van der Waals surface area (Å²) >= 11 is 3.25. The Morgan fingerprint density at radius 3 is 2.62 bits per heavy atom. The number of carbonyl (C=O) groups is 2. The first kappa shape index (κ1) is 17.4. The molecule has 6 nitrogen and oxygen atoms in total. The number of carbonyl (C=O) groups excluding carboxylic acids is 1. The second kappa shape index (κ2) is 7.97. The van der Waals surface area contributed by atoms with Crippen molar-refractivity contribution >= 4 is 27.8 Å². The van der Waals surface area contributed by atoms with Gasteiger partial charge in [-0.2, -0.15) is 0 Å². The van der Waals surface area contributed by atoms with Crippen LogP contribution in [0.4, 0.5) is 0 Å². The van der Waals surface area contributed by atoms with E-state index in [2.05, 4.69) is 15.9 Å². The standard InChI is InChI=1S/C14H19BrN2O4/c1-10(2)7-16(6-5-14(20)21)13(19)9-17-8-11(15)3-4-12(17)18/h3-4,8,10H,5-7,9H2,1-2H3,(H,20,21). The van der Waals surface area contributed by atoms with Gasteiger partial charge in [0.25, 0.3) is 5.56 Å². The van der Waals surface area contributed by atoms with Crippen LogP contribution in [-0.4, -0.2) is 39.5 Å². The van der Waals surface area contributed by atoms with Crippen LogP contribution < -0.4 is 5.56 Å². The first-order chi connectivity index (χ1) is 9.79. The molecule has 0 bridgehead atoms. The van der Waals surface area contributed by atoms with Gasteiger partial charge in [0.1, 0.15) is 6.54 Å². The van der Waals surface area contributed by atoms with Crippen molar-refractivity contribution in [2.75, 3.05) is 13.1 Å². The van der Waals surface area contributed by atoms with E-state index >= 15 is 0 Å². The minimum absolute atomic E-state index is 0.0926. The zero-order valence-corrected chi connectivity index (χ0v) is 13.7. The van der Waals surface area contributed by atoms with Gasteiger partial charge in [-0.1, -0.05) is 13.8 Å². The molecule has 1 amide bonds. The maximum atomic E-state index is 12.3. The molecule has 0 unspecified atom stereocenters. The summed E-state index contributed by atoms with van der Waals surface area (Å²) in [6, 6.07) is 2.99. The summed E-state index contributed by atoms with van der Waals surface area (Å²) in [5.41, 5.74) is -0.269. The number of carboxylic acid groups (broad SMARTS) is 1. The van der Waals surface area contributed by atoms with E-state index in [-0.39, 0.29) is 36.9 Å². The summed E-state index contributed by atoms with van der Waals surface area (Å²) < 4.78 is 2.01. The van der Waals surface area contributed by atoms with Gasteiger partial charge in [-0.25, -0.2) is 0 Å². The van der Waals surface area contributed by atoms with E-state index in [4.69, 9.17) is 5.11 Å². The Hall–Kier alpha value is -1.63. The molecular weight excluding hydrogens is 340 g/mol. The average Bonchev–Trinajstić information content (AvgIpc) is 2.38. The molecule has 0 saturated heterocycles. The SMILES string of the molecule is CC(C)CN(CCC(=O)O)C(=O)Cn1cc(Br)ccc1=O. The highest BCUT2D eigenvalue weighted by Crippen LogP contribution is 2.06. The normalized spacial score (nSPS) is 10.7. The predicted octanol–water partition coefficient (Wildman–Crippen LogP) is 1.57. The number of aromatic nitrogens is 1. The lowest BCUT2D eigenvalue weighted by Crippen LogP contribution is -2.39. The zero-order chi connectivity index (χ0) is 16.0. The van der Waals surface area contributed by atoms with Crippen molar-refractivity contribution in [2.45, 2.75) is 26.8 Å². The van der Waals surface area contributed by atoms with Crippen LogP contribution >= 0.6 is 15.9 Å². The Morgan fingerprint density at radius 1 is 1.38 bits per heavy atom. The molecule has 0 aliphatic carbocycles. The lowest BCUT2D eigenvalue weighted by Gasteiger charge is -2.24. The highest BCUT2D eigenvalue weighted by Gasteiger charge is 2.17. The van der Waals surface area contributed by atoms with Crippen molar-refractivity contribution in [1.82, 2.24) is 9.47 Å². The maximum Gasteiger partial charge on any atom is 0.305 e. The second-order valence-corrected chi connectivity index (χ2v) is 6.11. The van der Waals surface area contributed by atoms with Crippen molar-refractivity contribution in [3.63, 3.8) is 0 Å². The van der Waals surface area contributed by atoms with Gasteiger partial charge in [-0.15, -0.1) is 0 Å². The van der Waals surface area contributed by atoms with Crippen molar-refractivity contribution in [3.8, 4) is 0 Å². The van der Waals surface area contributed by atoms with E-state index in [0.29, 0.717) is 11.0 Å². The Bertz CT molecular complexity index is 568. The lowest BCUT2D eigenvalue weighted by atomic mass is 10.2. The van der Waals surface area contributed by atoms with Crippen LogP contribution in [0.25, 0.3) is 0 Å². The minimum atomic E-state index is -0.948. The summed E-state index contributed by atoms with van der Waals surface area (Å²) in [6.45, 7) is 4.42. The number of rotatable bonds is 7. The third kappa shape index (κ3) is 6.12. The number of aliphatic carboxylic acids is 1. The quantitative estimate of drug-likeness (QED) is 0.802. The lowest BCUT2D eigenvalue weighted by molar-refractivity contribution is -0.138. The molecule has 0 aromatic carbocycles. The van der Waals surface area contributed by atoms with Gasteiger partial charge < -0.3 is 14.6 Å². The summed E-state index contributed by atoms with van der Waals surface area (Å²) in [7, 11) is 0. The molecule has 0 spiro atoms. The van der Waals surface area contributed by atoms with Crippen LogP contribution in [0.15, 0.2) is 27.6 Å². The molecular formula is C14H19BrN2O4. The summed E-state index contributed by atoms with van der Waals surface area (Å²) in [5.74, 6) is -0.983. The van der Waals surface area contributed by atoms with Crippen LogP contribution in [0.1, 0.15) is 20.3 Å². The number of halogens is 1. The molecule has 0 atom stereocenters. The first-order valence-corrected chi connectivity index (χ1v) is 7.44.